The largest absolute Gasteiger partial charge is 0.306 e. The third-order valence-corrected chi connectivity index (χ3v) is 6.33. The predicted octanol–water partition coefficient (Wildman–Crippen LogP) is 5.00. The molecule has 2 heterocycles. The summed E-state index contributed by atoms with van der Waals surface area (Å²) in [5, 5.41) is 0.801. The molecule has 0 spiro atoms. The van der Waals surface area contributed by atoms with Crippen LogP contribution in [0.25, 0.3) is 20.8 Å². The van der Waals surface area contributed by atoms with Gasteiger partial charge in [0.2, 0.25) is 0 Å². The molecule has 2 aromatic heterocycles. The summed E-state index contributed by atoms with van der Waals surface area (Å²) in [5.74, 6) is 1.28. The molecule has 0 saturated carbocycles. The van der Waals surface area contributed by atoms with E-state index in [0.29, 0.717) is 11.7 Å². The van der Waals surface area contributed by atoms with E-state index in [9.17, 15) is 4.79 Å². The molecule has 0 bridgehead atoms. The highest BCUT2D eigenvalue weighted by Gasteiger charge is 2.22. The first kappa shape index (κ1) is 15.8. The van der Waals surface area contributed by atoms with Gasteiger partial charge >= 0.3 is 0 Å². The molecule has 1 aliphatic carbocycles. The van der Waals surface area contributed by atoms with Gasteiger partial charge in [0, 0.05) is 9.36 Å². The number of H-pyrrole nitrogens is 1. The minimum atomic E-state index is -0.0216. The second kappa shape index (κ2) is 6.30. The molecule has 1 atom stereocenters. The van der Waals surface area contributed by atoms with E-state index >= 15 is 0 Å². The summed E-state index contributed by atoms with van der Waals surface area (Å²) in [6, 6.07) is 9.98. The van der Waals surface area contributed by atoms with Crippen molar-refractivity contribution in [1.82, 2.24) is 9.97 Å². The first-order valence-electron chi connectivity index (χ1n) is 8.09. The van der Waals surface area contributed by atoms with Gasteiger partial charge in [0.05, 0.1) is 5.39 Å². The zero-order chi connectivity index (χ0) is 16.7. The molecule has 0 radical (unpaired) electrons. The fourth-order valence-electron chi connectivity index (χ4n) is 3.23. The number of aryl methyl sites for hydroxylation is 1. The van der Waals surface area contributed by atoms with Gasteiger partial charge in [0.1, 0.15) is 10.7 Å². The van der Waals surface area contributed by atoms with Gasteiger partial charge in [-0.15, -0.1) is 11.3 Å². The van der Waals surface area contributed by atoms with E-state index in [4.69, 9.17) is 0 Å². The van der Waals surface area contributed by atoms with Crippen molar-refractivity contribution in [2.45, 2.75) is 26.2 Å². The molecule has 0 fully saturated rings. The summed E-state index contributed by atoms with van der Waals surface area (Å²) >= 11 is 5.26. The second-order valence-electron chi connectivity index (χ2n) is 6.34. The Labute approximate surface area is 152 Å². The summed E-state index contributed by atoms with van der Waals surface area (Å²) in [6.45, 7) is 2.27. The van der Waals surface area contributed by atoms with Crippen molar-refractivity contribution >= 4 is 48.0 Å². The summed E-state index contributed by atoms with van der Waals surface area (Å²) in [6.07, 6.45) is 5.08. The highest BCUT2D eigenvalue weighted by atomic mass is 79.9. The second-order valence-corrected chi connectivity index (χ2v) is 8.28. The van der Waals surface area contributed by atoms with Crippen molar-refractivity contribution in [3.05, 3.63) is 62.5 Å². The molecule has 0 saturated heterocycles. The van der Waals surface area contributed by atoms with Crippen molar-refractivity contribution in [2.75, 3.05) is 0 Å². The fourth-order valence-corrected chi connectivity index (χ4v) is 5.11. The highest BCUT2D eigenvalue weighted by molar-refractivity contribution is 9.15. The zero-order valence-electron chi connectivity index (χ0n) is 13.3. The standard InChI is InChI=1S/C19H17BrN2OS/c1-11-7-8-13-15(9-11)24-19-17(13)18(23)21-16(22-19)10-14(20)12-5-3-2-4-6-12/h2-6,10-11H,7-9H2,1H3,(H,21,22,23)/b14-10-. The molecular formula is C19H17BrN2OS. The Kier molecular flexibility index (Phi) is 4.14. The molecular weight excluding hydrogens is 384 g/mol. The van der Waals surface area contributed by atoms with Crippen molar-refractivity contribution in [3.63, 3.8) is 0 Å². The number of fused-ring (bicyclic) bond motifs is 3. The first-order chi connectivity index (χ1) is 11.6. The third-order valence-electron chi connectivity index (χ3n) is 4.50. The van der Waals surface area contributed by atoms with Crippen LogP contribution in [0.4, 0.5) is 0 Å². The van der Waals surface area contributed by atoms with Gasteiger partial charge in [0.15, 0.2) is 0 Å². The number of nitrogens with zero attached hydrogens (tertiary/aromatic N) is 1. The van der Waals surface area contributed by atoms with Gasteiger partial charge in [-0.3, -0.25) is 4.79 Å². The van der Waals surface area contributed by atoms with E-state index in [1.165, 1.54) is 10.4 Å². The van der Waals surface area contributed by atoms with Crippen LogP contribution in [-0.4, -0.2) is 9.97 Å². The average molecular weight is 401 g/mol. The molecule has 5 heteroatoms. The number of halogens is 1. The van der Waals surface area contributed by atoms with Gasteiger partial charge < -0.3 is 4.98 Å². The Morgan fingerprint density at radius 3 is 2.96 bits per heavy atom. The number of rotatable bonds is 2. The Hall–Kier alpha value is -1.72. The van der Waals surface area contributed by atoms with Crippen molar-refractivity contribution in [3.8, 4) is 0 Å². The van der Waals surface area contributed by atoms with Crippen molar-refractivity contribution < 1.29 is 0 Å². The number of thiophene rings is 1. The lowest BCUT2D eigenvalue weighted by molar-refractivity contribution is 0.509. The van der Waals surface area contributed by atoms with Crippen LogP contribution in [0.15, 0.2) is 35.1 Å². The lowest BCUT2D eigenvalue weighted by atomic mass is 9.89. The Morgan fingerprint density at radius 1 is 1.38 bits per heavy atom. The number of benzene rings is 1. The van der Waals surface area contributed by atoms with E-state index in [1.54, 1.807) is 11.3 Å². The van der Waals surface area contributed by atoms with Gasteiger partial charge in [0.25, 0.3) is 5.56 Å². The molecule has 0 amide bonds. The molecule has 1 aromatic carbocycles. The Bertz CT molecular complexity index is 988. The molecule has 0 aliphatic heterocycles. The summed E-state index contributed by atoms with van der Waals surface area (Å²) in [5.41, 5.74) is 2.26. The summed E-state index contributed by atoms with van der Waals surface area (Å²) < 4.78 is 0.903. The molecule has 3 nitrogen and oxygen atoms in total. The summed E-state index contributed by atoms with van der Waals surface area (Å²) in [4.78, 5) is 22.4. The number of aromatic amines is 1. The third kappa shape index (κ3) is 2.87. The molecule has 1 unspecified atom stereocenters. The first-order valence-corrected chi connectivity index (χ1v) is 9.70. The van der Waals surface area contributed by atoms with Crippen LogP contribution >= 0.6 is 27.3 Å². The number of aromatic nitrogens is 2. The van der Waals surface area contributed by atoms with E-state index in [2.05, 4.69) is 32.8 Å². The maximum absolute atomic E-state index is 12.6. The maximum atomic E-state index is 12.6. The number of hydrogen-bond donors (Lipinski definition) is 1. The van der Waals surface area contributed by atoms with Gasteiger partial charge in [-0.2, -0.15) is 0 Å². The topological polar surface area (TPSA) is 45.8 Å². The normalized spacial score (nSPS) is 17.9. The Morgan fingerprint density at radius 2 is 2.17 bits per heavy atom. The van der Waals surface area contributed by atoms with Crippen molar-refractivity contribution in [1.29, 1.82) is 0 Å². The lowest BCUT2D eigenvalue weighted by Crippen LogP contribution is -2.13. The molecule has 3 aromatic rings. The van der Waals surface area contributed by atoms with E-state index in [0.717, 1.165) is 39.5 Å². The minimum absolute atomic E-state index is 0.0216. The predicted molar refractivity (Wildman–Crippen MR) is 105 cm³/mol. The van der Waals surface area contributed by atoms with Crippen LogP contribution < -0.4 is 5.56 Å². The molecule has 1 N–H and O–H groups in total. The molecule has 24 heavy (non-hydrogen) atoms. The van der Waals surface area contributed by atoms with Crippen molar-refractivity contribution in [2.24, 2.45) is 5.92 Å². The van der Waals surface area contributed by atoms with E-state index in [-0.39, 0.29) is 5.56 Å². The van der Waals surface area contributed by atoms with Gasteiger partial charge in [-0.25, -0.2) is 4.98 Å². The smallest absolute Gasteiger partial charge is 0.260 e. The van der Waals surface area contributed by atoms with Crippen LogP contribution in [0, 0.1) is 5.92 Å². The molecule has 122 valence electrons. The van der Waals surface area contributed by atoms with Crippen LogP contribution in [-0.2, 0) is 12.8 Å². The monoisotopic (exact) mass is 400 g/mol. The number of hydrogen-bond acceptors (Lipinski definition) is 3. The van der Waals surface area contributed by atoms with Crippen LogP contribution in [0.3, 0.4) is 0 Å². The van der Waals surface area contributed by atoms with E-state index in [1.807, 2.05) is 36.4 Å². The highest BCUT2D eigenvalue weighted by Crippen LogP contribution is 2.35. The summed E-state index contributed by atoms with van der Waals surface area (Å²) in [7, 11) is 0. The average Bonchev–Trinajstić information content (AvgIpc) is 2.93. The van der Waals surface area contributed by atoms with Crippen LogP contribution in [0.2, 0.25) is 0 Å². The molecule has 4 rings (SSSR count). The Balaban J connectivity index is 1.80. The van der Waals surface area contributed by atoms with E-state index < -0.39 is 0 Å². The minimum Gasteiger partial charge on any atom is -0.306 e. The molecule has 1 aliphatic rings. The van der Waals surface area contributed by atoms with Crippen LogP contribution in [0.1, 0.15) is 35.2 Å². The maximum Gasteiger partial charge on any atom is 0.260 e. The lowest BCUT2D eigenvalue weighted by Gasteiger charge is -2.17. The quantitative estimate of drug-likeness (QED) is 0.657. The van der Waals surface area contributed by atoms with Gasteiger partial charge in [-0.1, -0.05) is 53.2 Å². The fraction of sp³-hybridized carbons (Fsp3) is 0.263. The van der Waals surface area contributed by atoms with Crippen LogP contribution in [0.5, 0.6) is 0 Å². The SMILES string of the molecule is CC1CCc2c(sc3nc(/C=C(\Br)c4ccccc4)[nH]c(=O)c23)C1. The zero-order valence-corrected chi connectivity index (χ0v) is 15.7. The van der Waals surface area contributed by atoms with Gasteiger partial charge in [-0.05, 0) is 42.4 Å². The number of nitrogens with one attached hydrogen (secondary N) is 1.